The van der Waals surface area contributed by atoms with Crippen LogP contribution in [-0.2, 0) is 19.1 Å². The van der Waals surface area contributed by atoms with Crippen molar-refractivity contribution < 1.29 is 28.0 Å². The van der Waals surface area contributed by atoms with Crippen molar-refractivity contribution in [2.24, 2.45) is 0 Å². The Morgan fingerprint density at radius 2 is 1.95 bits per heavy atom. The Labute approximate surface area is 225 Å². The molecule has 0 bridgehead atoms. The number of benzene rings is 1. The summed E-state index contributed by atoms with van der Waals surface area (Å²) in [6, 6.07) is 6.09. The molecule has 7 nitrogen and oxygen atoms in total. The Hall–Kier alpha value is -3.94. The maximum atomic E-state index is 13.3. The molecule has 0 spiro atoms. The van der Waals surface area contributed by atoms with Crippen molar-refractivity contribution in [2.45, 2.75) is 46.6 Å². The van der Waals surface area contributed by atoms with E-state index in [9.17, 15) is 14.0 Å². The molecule has 1 aliphatic rings. The number of halogens is 1. The zero-order valence-corrected chi connectivity index (χ0v) is 23.3. The summed E-state index contributed by atoms with van der Waals surface area (Å²) in [6.07, 6.45) is 8.82. The number of hydrogen-bond donors (Lipinski definition) is 0. The van der Waals surface area contributed by atoms with Crippen LogP contribution in [0.1, 0.15) is 52.1 Å². The molecule has 1 atom stereocenters. The molecule has 0 aliphatic carbocycles. The molecule has 204 valence electrons. The molecule has 1 unspecified atom stereocenters. The highest BCUT2D eigenvalue weighted by molar-refractivity contribution is 5.95. The summed E-state index contributed by atoms with van der Waals surface area (Å²) in [7, 11) is 3.44. The summed E-state index contributed by atoms with van der Waals surface area (Å²) in [6.45, 7) is 15.8. The van der Waals surface area contributed by atoms with Gasteiger partial charge in [-0.3, -0.25) is 9.59 Å². The fourth-order valence-electron chi connectivity index (χ4n) is 4.15. The van der Waals surface area contributed by atoms with Crippen molar-refractivity contribution in [1.82, 2.24) is 9.80 Å². The number of carbonyl (C=O) groups excluding carboxylic acids is 2. The van der Waals surface area contributed by atoms with E-state index in [-0.39, 0.29) is 30.5 Å². The summed E-state index contributed by atoms with van der Waals surface area (Å²) < 4.78 is 25.6. The number of nitrogens with zero attached hydrogens (tertiary/aromatic N) is 3. The van der Waals surface area contributed by atoms with E-state index < -0.39 is 0 Å². The van der Waals surface area contributed by atoms with Crippen molar-refractivity contribution in [1.29, 1.82) is 0 Å². The zero-order chi connectivity index (χ0) is 28.4. The summed E-state index contributed by atoms with van der Waals surface area (Å²) in [4.78, 5) is 28.1. The maximum absolute atomic E-state index is 13.3. The van der Waals surface area contributed by atoms with E-state index in [1.165, 1.54) is 19.1 Å². The Bertz CT molecular complexity index is 1180. The Morgan fingerprint density at radius 3 is 2.53 bits per heavy atom. The van der Waals surface area contributed by atoms with Gasteiger partial charge in [-0.25, -0.2) is 4.39 Å². The average molecular weight is 525 g/mol. The highest BCUT2D eigenvalue weighted by atomic mass is 19.1. The molecule has 1 amide bonds. The molecule has 1 saturated heterocycles. The minimum Gasteiger partial charge on any atom is -0.495 e. The van der Waals surface area contributed by atoms with Crippen LogP contribution in [0.2, 0.25) is 0 Å². The van der Waals surface area contributed by atoms with Crippen molar-refractivity contribution in [3.8, 4) is 0 Å². The summed E-state index contributed by atoms with van der Waals surface area (Å²) >= 11 is 0. The molecule has 8 heteroatoms. The van der Waals surface area contributed by atoms with Gasteiger partial charge < -0.3 is 19.3 Å². The molecule has 0 radical (unpaired) electrons. The van der Waals surface area contributed by atoms with E-state index in [4.69, 9.17) is 9.47 Å². The number of esters is 1. The van der Waals surface area contributed by atoms with Gasteiger partial charge in [-0.05, 0) is 62.1 Å². The topological polar surface area (TPSA) is 62.1 Å². The first-order valence-corrected chi connectivity index (χ1v) is 12.5. The molecule has 1 aliphatic heterocycles. The largest absolute Gasteiger partial charge is 0.495 e. The quantitative estimate of drug-likeness (QED) is 0.0733. The third-order valence-electron chi connectivity index (χ3n) is 6.31. The van der Waals surface area contributed by atoms with Crippen LogP contribution in [0.4, 0.5) is 4.39 Å². The van der Waals surface area contributed by atoms with Crippen LogP contribution in [-0.4, -0.2) is 60.4 Å². The second kappa shape index (κ2) is 14.1. The van der Waals surface area contributed by atoms with E-state index in [0.29, 0.717) is 29.9 Å². The molecule has 0 N–H and O–H groups in total. The first kappa shape index (κ1) is 30.3. The van der Waals surface area contributed by atoms with E-state index >= 15 is 0 Å². The van der Waals surface area contributed by atoms with Crippen molar-refractivity contribution >= 4 is 18.6 Å². The van der Waals surface area contributed by atoms with Crippen molar-refractivity contribution in [2.75, 3.05) is 27.4 Å². The second-order valence-corrected chi connectivity index (χ2v) is 9.15. The highest BCUT2D eigenvalue weighted by Gasteiger charge is 2.28. The number of allylic oxidation sites excluding steroid dienone is 5. The summed E-state index contributed by atoms with van der Waals surface area (Å²) in [5, 5.41) is 0. The number of amides is 1. The number of likely N-dealkylation sites (N-methyl/N-ethyl adjacent to an activating group) is 1. The molecule has 1 heterocycles. The fourth-order valence-corrected chi connectivity index (χ4v) is 4.15. The Morgan fingerprint density at radius 1 is 1.29 bits per heavy atom. The van der Waals surface area contributed by atoms with Crippen molar-refractivity contribution in [3.63, 3.8) is 0 Å². The van der Waals surface area contributed by atoms with Gasteiger partial charge in [0.2, 0.25) is 5.91 Å². The lowest BCUT2D eigenvalue weighted by molar-refractivity contribution is -0.508. The van der Waals surface area contributed by atoms with Crippen LogP contribution in [0, 0.1) is 5.82 Å². The van der Waals surface area contributed by atoms with Crippen LogP contribution < -0.4 is 0 Å². The van der Waals surface area contributed by atoms with E-state index in [0.717, 1.165) is 23.4 Å². The first-order chi connectivity index (χ1) is 18.0. The van der Waals surface area contributed by atoms with E-state index in [1.54, 1.807) is 36.0 Å². The van der Waals surface area contributed by atoms with E-state index in [1.807, 2.05) is 49.9 Å². The van der Waals surface area contributed by atoms with Gasteiger partial charge in [-0.2, -0.15) is 4.58 Å². The number of rotatable bonds is 11. The lowest BCUT2D eigenvalue weighted by atomic mass is 9.97. The Kier molecular flexibility index (Phi) is 11.3. The average Bonchev–Trinajstić information content (AvgIpc) is 2.88. The van der Waals surface area contributed by atoms with E-state index in [2.05, 4.69) is 13.3 Å². The molecule has 0 aromatic heterocycles. The molecule has 1 aromatic carbocycles. The van der Waals surface area contributed by atoms with Crippen LogP contribution in [0.25, 0.3) is 0 Å². The number of likely N-dealkylation sites (tertiary alicyclic amines) is 1. The van der Waals surface area contributed by atoms with Gasteiger partial charge >= 0.3 is 5.97 Å². The number of carbonyl (C=O) groups is 2. The predicted molar refractivity (Wildman–Crippen MR) is 147 cm³/mol. The smallest absolute Gasteiger partial charge is 0.307 e. The Balaban J connectivity index is 2.20. The minimum absolute atomic E-state index is 0.0405. The summed E-state index contributed by atoms with van der Waals surface area (Å²) in [5.41, 5.74) is 3.73. The normalized spacial score (nSPS) is 16.8. The number of methoxy groups -OCH3 is 1. The monoisotopic (exact) mass is 524 g/mol. The third-order valence-corrected chi connectivity index (χ3v) is 6.31. The number of piperidine rings is 1. The standard InChI is InChI=1S/C30H39FN3O4/c1-9-28(32(6)19-22(3)33(7)20-38-24(5)35)29(37-8)18-21(2)17-26-11-10-16-34(30(26)36)23(4)25-12-14-27(31)15-13-25/h9,12-15,17-19,23H,2,7,10-11,16,20H2,1,3-6,8H3/q+1/b22-19-,26-17+,28-9+,29-18+. The van der Waals surface area contributed by atoms with Gasteiger partial charge in [0.05, 0.1) is 25.0 Å². The van der Waals surface area contributed by atoms with Gasteiger partial charge in [0.15, 0.2) is 5.70 Å². The fraction of sp³-hybridized carbons (Fsp3) is 0.367. The van der Waals surface area contributed by atoms with Gasteiger partial charge in [0, 0.05) is 33.0 Å². The zero-order valence-electron chi connectivity index (χ0n) is 23.3. The molecule has 1 fully saturated rings. The van der Waals surface area contributed by atoms with Gasteiger partial charge in [-0.1, -0.05) is 24.8 Å². The molecular weight excluding hydrogens is 485 g/mol. The first-order valence-electron chi connectivity index (χ1n) is 12.5. The number of ether oxygens (including phenoxy) is 2. The van der Waals surface area contributed by atoms with Crippen LogP contribution >= 0.6 is 0 Å². The van der Waals surface area contributed by atoms with Crippen LogP contribution in [0.3, 0.4) is 0 Å². The predicted octanol–water partition coefficient (Wildman–Crippen LogP) is 5.45. The van der Waals surface area contributed by atoms with Crippen molar-refractivity contribution in [3.05, 3.63) is 95.0 Å². The van der Waals surface area contributed by atoms with Crippen LogP contribution in [0.15, 0.2) is 83.6 Å². The SMILES string of the molecule is C=C(/C=C1\CCCN(C(C)c2ccc(F)cc2)C1=O)/C=C(OC)\C(=C/C)N(C)/C=C(/C)[N+](=C)COC(C)=O. The van der Waals surface area contributed by atoms with Crippen LogP contribution in [0.5, 0.6) is 0 Å². The molecule has 0 saturated carbocycles. The summed E-state index contributed by atoms with van der Waals surface area (Å²) in [5.74, 6) is -0.162. The lowest BCUT2D eigenvalue weighted by Crippen LogP contribution is -2.38. The number of hydrogen-bond acceptors (Lipinski definition) is 5. The lowest BCUT2D eigenvalue weighted by Gasteiger charge is -2.34. The maximum Gasteiger partial charge on any atom is 0.307 e. The van der Waals surface area contributed by atoms with Gasteiger partial charge in [0.25, 0.3) is 6.73 Å². The second-order valence-electron chi connectivity index (χ2n) is 9.15. The highest BCUT2D eigenvalue weighted by Crippen LogP contribution is 2.28. The van der Waals surface area contributed by atoms with Gasteiger partial charge in [-0.15, -0.1) is 0 Å². The molecule has 2 rings (SSSR count). The third kappa shape index (κ3) is 8.30. The molecule has 38 heavy (non-hydrogen) atoms. The molecular formula is C30H39FN3O4+. The molecule has 1 aromatic rings. The van der Waals surface area contributed by atoms with Gasteiger partial charge in [0.1, 0.15) is 18.3 Å². The minimum atomic E-state index is -0.379.